The molecule has 0 radical (unpaired) electrons. The molecule has 1 N–H and O–H groups in total. The number of aryl methyl sites for hydroxylation is 1. The highest BCUT2D eigenvalue weighted by Crippen LogP contribution is 2.40. The van der Waals surface area contributed by atoms with Crippen LogP contribution in [0.5, 0.6) is 11.5 Å². The Hall–Kier alpha value is -3.39. The molecule has 2 aromatic carbocycles. The molecule has 166 valence electrons. The van der Waals surface area contributed by atoms with Gasteiger partial charge in [-0.1, -0.05) is 18.2 Å². The minimum absolute atomic E-state index is 0.0545. The molecule has 8 nitrogen and oxygen atoms in total. The Kier molecular flexibility index (Phi) is 5.53. The van der Waals surface area contributed by atoms with Crippen molar-refractivity contribution < 1.29 is 19.0 Å². The topological polar surface area (TPSA) is 91.7 Å². The zero-order valence-electron chi connectivity index (χ0n) is 17.7. The number of carbonyl (C=O) groups excluding carboxylic acids is 1. The third-order valence-corrected chi connectivity index (χ3v) is 6.37. The predicted octanol–water partition coefficient (Wildman–Crippen LogP) is 2.38. The molecule has 0 spiro atoms. The van der Waals surface area contributed by atoms with E-state index in [1.165, 1.54) is 6.20 Å². The van der Waals surface area contributed by atoms with E-state index in [0.717, 1.165) is 35.4 Å². The molecule has 1 fully saturated rings. The number of rotatable bonds is 6. The van der Waals surface area contributed by atoms with E-state index in [9.17, 15) is 9.59 Å². The summed E-state index contributed by atoms with van der Waals surface area (Å²) in [6.45, 7) is 2.45. The van der Waals surface area contributed by atoms with E-state index in [2.05, 4.69) is 16.5 Å². The zero-order chi connectivity index (χ0) is 22.0. The Morgan fingerprint density at radius 1 is 1.09 bits per heavy atom. The number of fused-ring (bicyclic) bond motifs is 2. The molecule has 5 rings (SSSR count). The Labute approximate surface area is 185 Å². The average Bonchev–Trinajstić information content (AvgIpc) is 3.31. The van der Waals surface area contributed by atoms with Crippen molar-refractivity contribution in [3.8, 4) is 11.5 Å². The van der Waals surface area contributed by atoms with Crippen molar-refractivity contribution >= 4 is 16.8 Å². The smallest absolute Gasteiger partial charge is 0.231 e. The van der Waals surface area contributed by atoms with Gasteiger partial charge in [-0.2, -0.15) is 5.10 Å². The van der Waals surface area contributed by atoms with E-state index in [-0.39, 0.29) is 30.0 Å². The summed E-state index contributed by atoms with van der Waals surface area (Å²) in [6, 6.07) is 13.3. The molecular weight excluding hydrogens is 410 g/mol. The first kappa shape index (κ1) is 20.5. The summed E-state index contributed by atoms with van der Waals surface area (Å²) in [5.41, 5.74) is 1.52. The Morgan fingerprint density at radius 2 is 1.91 bits per heavy atom. The van der Waals surface area contributed by atoms with Gasteiger partial charge >= 0.3 is 0 Å². The number of nitrogens with zero attached hydrogens (tertiary/aromatic N) is 2. The zero-order valence-corrected chi connectivity index (χ0v) is 17.7. The maximum Gasteiger partial charge on any atom is 0.231 e. The summed E-state index contributed by atoms with van der Waals surface area (Å²) >= 11 is 0. The molecule has 1 saturated heterocycles. The predicted molar refractivity (Wildman–Crippen MR) is 118 cm³/mol. The average molecular weight is 435 g/mol. The van der Waals surface area contributed by atoms with Crippen molar-refractivity contribution in [2.45, 2.75) is 31.2 Å². The van der Waals surface area contributed by atoms with E-state index >= 15 is 0 Å². The number of nitrogens with one attached hydrogen (secondary N) is 1. The summed E-state index contributed by atoms with van der Waals surface area (Å²) in [7, 11) is 0. The number of hydrogen-bond acceptors (Lipinski definition) is 6. The van der Waals surface area contributed by atoms with Crippen LogP contribution >= 0.6 is 0 Å². The summed E-state index contributed by atoms with van der Waals surface area (Å²) in [6.07, 6.45) is 3.21. The van der Waals surface area contributed by atoms with E-state index < -0.39 is 0 Å². The lowest BCUT2D eigenvalue weighted by molar-refractivity contribution is -0.121. The highest BCUT2D eigenvalue weighted by Gasteiger charge is 2.36. The molecule has 1 aromatic heterocycles. The normalized spacial score (nSPS) is 16.8. The number of benzene rings is 2. The van der Waals surface area contributed by atoms with Crippen molar-refractivity contribution in [1.29, 1.82) is 0 Å². The second-order valence-corrected chi connectivity index (χ2v) is 8.24. The lowest BCUT2D eigenvalue weighted by Gasteiger charge is -2.38. The van der Waals surface area contributed by atoms with Crippen LogP contribution in [-0.2, 0) is 21.5 Å². The van der Waals surface area contributed by atoms with Crippen LogP contribution < -0.4 is 20.2 Å². The van der Waals surface area contributed by atoms with Crippen LogP contribution in [0, 0.1) is 0 Å². The second-order valence-electron chi connectivity index (χ2n) is 8.24. The SMILES string of the molecule is O=C(CCn1ncc(=O)c2ccccc21)NCC1(c2ccc3c(c2)OCO3)CCOCC1. The fourth-order valence-corrected chi connectivity index (χ4v) is 4.46. The van der Waals surface area contributed by atoms with Gasteiger partial charge in [0.15, 0.2) is 11.5 Å². The van der Waals surface area contributed by atoms with Crippen LogP contribution in [0.1, 0.15) is 24.8 Å². The molecule has 2 aliphatic rings. The summed E-state index contributed by atoms with van der Waals surface area (Å²) in [5.74, 6) is 1.44. The largest absolute Gasteiger partial charge is 0.454 e. The molecule has 0 atom stereocenters. The van der Waals surface area contributed by atoms with Gasteiger partial charge in [0.1, 0.15) is 0 Å². The van der Waals surface area contributed by atoms with Crippen molar-refractivity contribution in [1.82, 2.24) is 15.1 Å². The standard InChI is InChI=1S/C24H25N3O5/c28-20-14-26-27(19-4-2-1-3-18(19)20)10-7-23(29)25-15-24(8-11-30-12-9-24)17-5-6-21-22(13-17)32-16-31-21/h1-6,13-14H,7-12,15-16H2,(H,25,29). The van der Waals surface area contributed by atoms with Crippen molar-refractivity contribution in [3.63, 3.8) is 0 Å². The van der Waals surface area contributed by atoms with Gasteiger partial charge < -0.3 is 19.5 Å². The third-order valence-electron chi connectivity index (χ3n) is 6.37. The second kappa shape index (κ2) is 8.63. The van der Waals surface area contributed by atoms with Crippen LogP contribution in [0.15, 0.2) is 53.5 Å². The molecule has 2 aliphatic heterocycles. The van der Waals surface area contributed by atoms with Crippen LogP contribution in [0.2, 0.25) is 0 Å². The van der Waals surface area contributed by atoms with E-state index in [0.29, 0.717) is 31.7 Å². The Morgan fingerprint density at radius 3 is 2.78 bits per heavy atom. The molecule has 1 amide bonds. The molecule has 3 heterocycles. The maximum absolute atomic E-state index is 12.7. The van der Waals surface area contributed by atoms with Crippen LogP contribution in [0.4, 0.5) is 0 Å². The molecule has 0 saturated carbocycles. The Bertz CT molecular complexity index is 1200. The summed E-state index contributed by atoms with van der Waals surface area (Å²) in [4.78, 5) is 24.7. The minimum Gasteiger partial charge on any atom is -0.454 e. The van der Waals surface area contributed by atoms with E-state index in [1.54, 1.807) is 10.7 Å². The number of aromatic nitrogens is 2. The van der Waals surface area contributed by atoms with Gasteiger partial charge in [0.2, 0.25) is 18.1 Å². The van der Waals surface area contributed by atoms with Crippen molar-refractivity contribution in [2.75, 3.05) is 26.6 Å². The molecule has 3 aromatic rings. The lowest BCUT2D eigenvalue weighted by atomic mass is 9.74. The quantitative estimate of drug-likeness (QED) is 0.639. The third kappa shape index (κ3) is 3.93. The summed E-state index contributed by atoms with van der Waals surface area (Å²) < 4.78 is 18.3. The van der Waals surface area contributed by atoms with E-state index in [1.807, 2.05) is 30.3 Å². The number of amides is 1. The van der Waals surface area contributed by atoms with Gasteiger partial charge in [-0.3, -0.25) is 14.3 Å². The van der Waals surface area contributed by atoms with Gasteiger partial charge in [0.25, 0.3) is 0 Å². The highest BCUT2D eigenvalue weighted by molar-refractivity contribution is 5.79. The molecule has 32 heavy (non-hydrogen) atoms. The first-order valence-corrected chi connectivity index (χ1v) is 10.8. The van der Waals surface area contributed by atoms with Crippen molar-refractivity contribution in [3.05, 3.63) is 64.4 Å². The number of hydrogen-bond donors (Lipinski definition) is 1. The van der Waals surface area contributed by atoms with Crippen LogP contribution in [0.3, 0.4) is 0 Å². The molecule has 8 heteroatoms. The van der Waals surface area contributed by atoms with Crippen LogP contribution in [0.25, 0.3) is 10.9 Å². The highest BCUT2D eigenvalue weighted by atomic mass is 16.7. The van der Waals surface area contributed by atoms with Gasteiger partial charge in [0, 0.05) is 37.0 Å². The minimum atomic E-state index is -0.211. The molecule has 0 bridgehead atoms. The van der Waals surface area contributed by atoms with Gasteiger partial charge in [-0.15, -0.1) is 0 Å². The number of carbonyl (C=O) groups is 1. The van der Waals surface area contributed by atoms with Crippen molar-refractivity contribution in [2.24, 2.45) is 0 Å². The summed E-state index contributed by atoms with van der Waals surface area (Å²) in [5, 5.41) is 7.93. The number of ether oxygens (including phenoxy) is 3. The number of para-hydroxylation sites is 1. The van der Waals surface area contributed by atoms with Crippen LogP contribution in [-0.4, -0.2) is 42.2 Å². The fourth-order valence-electron chi connectivity index (χ4n) is 4.46. The molecule has 0 unspecified atom stereocenters. The molecular formula is C24H25N3O5. The lowest BCUT2D eigenvalue weighted by Crippen LogP contribution is -2.44. The first-order chi connectivity index (χ1) is 15.6. The first-order valence-electron chi connectivity index (χ1n) is 10.8. The monoisotopic (exact) mass is 435 g/mol. The van der Waals surface area contributed by atoms with E-state index in [4.69, 9.17) is 14.2 Å². The molecule has 0 aliphatic carbocycles. The Balaban J connectivity index is 1.28. The van der Waals surface area contributed by atoms with Gasteiger partial charge in [0.05, 0.1) is 18.3 Å². The van der Waals surface area contributed by atoms with Gasteiger partial charge in [-0.05, 0) is 42.7 Å². The fraction of sp³-hybridized carbons (Fsp3) is 0.375. The maximum atomic E-state index is 12.7. The van der Waals surface area contributed by atoms with Gasteiger partial charge in [-0.25, -0.2) is 0 Å².